The maximum atomic E-state index is 12.2. The molecular weight excluding hydrogens is 209 g/mol. The Morgan fingerprint density at radius 1 is 1.33 bits per heavy atom. The van der Waals surface area contributed by atoms with E-state index in [1.807, 2.05) is 0 Å². The van der Waals surface area contributed by atoms with Gasteiger partial charge < -0.3 is 4.98 Å². The molecule has 0 amide bonds. The van der Waals surface area contributed by atoms with Crippen LogP contribution in [0.2, 0.25) is 0 Å². The Hall–Kier alpha value is -1.79. The minimum Gasteiger partial charge on any atom is -0.338 e. The molecule has 0 radical (unpaired) electrons. The van der Waals surface area contributed by atoms with E-state index in [9.17, 15) is 13.2 Å². The Morgan fingerprint density at radius 3 is 2.67 bits per heavy atom. The summed E-state index contributed by atoms with van der Waals surface area (Å²) in [6.07, 6.45) is -1.79. The molecule has 0 fully saturated rings. The molecule has 2 N–H and O–H groups in total. The van der Waals surface area contributed by atoms with Crippen molar-refractivity contribution in [2.75, 3.05) is 0 Å². The number of aromatic nitrogens is 4. The highest BCUT2D eigenvalue weighted by molar-refractivity contribution is 5.11. The number of alkyl halides is 3. The zero-order chi connectivity index (χ0) is 10.9. The standard InChI is InChI=1S/C8H7F3N4/c9-8(10,11)6-4-12-7(14-6)3-5-1-2-13-15-5/h1-2,4H,3H2,(H,12,14)(H,13,15). The van der Waals surface area contributed by atoms with Gasteiger partial charge in [0.15, 0.2) is 0 Å². The molecule has 2 aromatic rings. The van der Waals surface area contributed by atoms with Crippen LogP contribution in [0.25, 0.3) is 0 Å². The van der Waals surface area contributed by atoms with Gasteiger partial charge in [0.25, 0.3) is 0 Å². The van der Waals surface area contributed by atoms with Crippen LogP contribution in [0.1, 0.15) is 17.2 Å². The van der Waals surface area contributed by atoms with E-state index in [-0.39, 0.29) is 12.2 Å². The second-order valence-corrected chi connectivity index (χ2v) is 3.00. The van der Waals surface area contributed by atoms with Crippen molar-refractivity contribution in [3.8, 4) is 0 Å². The largest absolute Gasteiger partial charge is 0.432 e. The second-order valence-electron chi connectivity index (χ2n) is 3.00. The summed E-state index contributed by atoms with van der Waals surface area (Å²) < 4.78 is 36.6. The van der Waals surface area contributed by atoms with Crippen molar-refractivity contribution in [3.05, 3.63) is 35.7 Å². The number of nitrogens with one attached hydrogen (secondary N) is 2. The number of nitrogens with zero attached hydrogens (tertiary/aromatic N) is 2. The molecule has 0 aliphatic carbocycles. The van der Waals surface area contributed by atoms with E-state index in [1.165, 1.54) is 6.20 Å². The van der Waals surface area contributed by atoms with Crippen LogP contribution in [0.5, 0.6) is 0 Å². The summed E-state index contributed by atoms with van der Waals surface area (Å²) in [5.41, 5.74) is -0.130. The van der Waals surface area contributed by atoms with Crippen LogP contribution in [-0.2, 0) is 12.6 Å². The fraction of sp³-hybridized carbons (Fsp3) is 0.250. The highest BCUT2D eigenvalue weighted by atomic mass is 19.4. The molecule has 0 spiro atoms. The number of aromatic amines is 2. The molecule has 7 heteroatoms. The van der Waals surface area contributed by atoms with Gasteiger partial charge in [-0.25, -0.2) is 4.98 Å². The molecule has 0 atom stereocenters. The monoisotopic (exact) mass is 216 g/mol. The summed E-state index contributed by atoms with van der Waals surface area (Å²) in [6.45, 7) is 0. The maximum Gasteiger partial charge on any atom is 0.432 e. The normalized spacial score (nSPS) is 11.9. The van der Waals surface area contributed by atoms with Crippen LogP contribution in [0, 0.1) is 0 Å². The third kappa shape index (κ3) is 2.17. The molecule has 0 aromatic carbocycles. The Balaban J connectivity index is 2.15. The summed E-state index contributed by atoms with van der Waals surface area (Å²) in [4.78, 5) is 5.84. The first-order chi connectivity index (χ1) is 7.05. The van der Waals surface area contributed by atoms with Crippen molar-refractivity contribution in [3.63, 3.8) is 0 Å². The van der Waals surface area contributed by atoms with Gasteiger partial charge in [0, 0.05) is 18.3 Å². The molecule has 0 saturated heterocycles. The first-order valence-electron chi connectivity index (χ1n) is 4.15. The number of H-pyrrole nitrogens is 2. The van der Waals surface area contributed by atoms with E-state index < -0.39 is 11.9 Å². The zero-order valence-electron chi connectivity index (χ0n) is 7.47. The van der Waals surface area contributed by atoms with Crippen LogP contribution in [0.4, 0.5) is 13.2 Å². The molecule has 0 aliphatic rings. The van der Waals surface area contributed by atoms with Gasteiger partial charge in [-0.2, -0.15) is 18.3 Å². The first-order valence-corrected chi connectivity index (χ1v) is 4.15. The van der Waals surface area contributed by atoms with Gasteiger partial charge in [-0.05, 0) is 6.07 Å². The lowest BCUT2D eigenvalue weighted by molar-refractivity contribution is -0.140. The predicted octanol–water partition coefficient (Wildman–Crippen LogP) is 1.74. The van der Waals surface area contributed by atoms with Gasteiger partial charge in [-0.1, -0.05) is 0 Å². The van der Waals surface area contributed by atoms with Crippen molar-refractivity contribution in [2.24, 2.45) is 0 Å². The maximum absolute atomic E-state index is 12.2. The quantitative estimate of drug-likeness (QED) is 0.803. The van der Waals surface area contributed by atoms with E-state index in [0.717, 1.165) is 6.20 Å². The minimum absolute atomic E-state index is 0.256. The van der Waals surface area contributed by atoms with Gasteiger partial charge in [-0.15, -0.1) is 0 Å². The molecule has 15 heavy (non-hydrogen) atoms. The zero-order valence-corrected chi connectivity index (χ0v) is 7.47. The molecule has 2 rings (SSSR count). The molecule has 2 heterocycles. The fourth-order valence-corrected chi connectivity index (χ4v) is 1.16. The average molecular weight is 216 g/mol. The van der Waals surface area contributed by atoms with E-state index in [2.05, 4.69) is 20.2 Å². The van der Waals surface area contributed by atoms with Crippen LogP contribution in [0.15, 0.2) is 18.5 Å². The van der Waals surface area contributed by atoms with Gasteiger partial charge in [-0.3, -0.25) is 5.10 Å². The highest BCUT2D eigenvalue weighted by Gasteiger charge is 2.32. The first kappa shape index (κ1) is 9.75. The summed E-state index contributed by atoms with van der Waals surface area (Å²) in [5, 5.41) is 6.33. The molecular formula is C8H7F3N4. The van der Waals surface area contributed by atoms with Crippen molar-refractivity contribution in [1.82, 2.24) is 20.2 Å². The second kappa shape index (κ2) is 3.41. The lowest BCUT2D eigenvalue weighted by Crippen LogP contribution is -2.05. The SMILES string of the molecule is FC(F)(F)c1cnc(Cc2ccn[nH]2)[nH]1. The van der Waals surface area contributed by atoms with Crippen molar-refractivity contribution >= 4 is 0 Å². The number of imidazole rings is 1. The molecule has 80 valence electrons. The van der Waals surface area contributed by atoms with E-state index in [0.29, 0.717) is 5.69 Å². The van der Waals surface area contributed by atoms with Gasteiger partial charge in [0.2, 0.25) is 0 Å². The highest BCUT2D eigenvalue weighted by Crippen LogP contribution is 2.27. The van der Waals surface area contributed by atoms with E-state index in [4.69, 9.17) is 0 Å². The predicted molar refractivity (Wildman–Crippen MR) is 45.0 cm³/mol. The van der Waals surface area contributed by atoms with Crippen LogP contribution < -0.4 is 0 Å². The van der Waals surface area contributed by atoms with Gasteiger partial charge in [0.1, 0.15) is 11.5 Å². The molecule has 0 unspecified atom stereocenters. The number of halogens is 3. The molecule has 0 saturated carbocycles. The lowest BCUT2D eigenvalue weighted by atomic mass is 10.3. The van der Waals surface area contributed by atoms with Crippen LogP contribution in [0.3, 0.4) is 0 Å². The van der Waals surface area contributed by atoms with E-state index in [1.54, 1.807) is 6.07 Å². The molecule has 0 bridgehead atoms. The molecule has 4 nitrogen and oxygen atoms in total. The smallest absolute Gasteiger partial charge is 0.338 e. The number of hydrogen-bond acceptors (Lipinski definition) is 2. The summed E-state index contributed by atoms with van der Waals surface area (Å²) in [6, 6.07) is 1.68. The van der Waals surface area contributed by atoms with Gasteiger partial charge in [0.05, 0.1) is 6.20 Å². The van der Waals surface area contributed by atoms with E-state index >= 15 is 0 Å². The third-order valence-electron chi connectivity index (χ3n) is 1.85. The average Bonchev–Trinajstić information content (AvgIpc) is 2.73. The lowest BCUT2D eigenvalue weighted by Gasteiger charge is -2.00. The third-order valence-corrected chi connectivity index (χ3v) is 1.85. The Labute approximate surface area is 82.5 Å². The van der Waals surface area contributed by atoms with Crippen molar-refractivity contribution in [2.45, 2.75) is 12.6 Å². The van der Waals surface area contributed by atoms with Crippen LogP contribution >= 0.6 is 0 Å². The van der Waals surface area contributed by atoms with Crippen molar-refractivity contribution in [1.29, 1.82) is 0 Å². The Kier molecular flexibility index (Phi) is 2.22. The number of rotatable bonds is 2. The molecule has 2 aromatic heterocycles. The molecule has 0 aliphatic heterocycles. The summed E-state index contributed by atoms with van der Waals surface area (Å²) in [5.74, 6) is 0.256. The Bertz CT molecular complexity index is 429. The fourth-order valence-electron chi connectivity index (χ4n) is 1.16. The summed E-state index contributed by atoms with van der Waals surface area (Å²) >= 11 is 0. The van der Waals surface area contributed by atoms with Crippen molar-refractivity contribution < 1.29 is 13.2 Å². The Morgan fingerprint density at radius 2 is 2.13 bits per heavy atom. The summed E-state index contributed by atoms with van der Waals surface area (Å²) in [7, 11) is 0. The van der Waals surface area contributed by atoms with Crippen LogP contribution in [-0.4, -0.2) is 20.2 Å². The number of hydrogen-bond donors (Lipinski definition) is 2. The topological polar surface area (TPSA) is 57.4 Å². The minimum atomic E-state index is -4.38. The van der Waals surface area contributed by atoms with Gasteiger partial charge >= 0.3 is 6.18 Å².